The minimum Gasteiger partial charge on any atom is -0.508 e. The zero-order chi connectivity index (χ0) is 13.9. The average molecular weight is 275 g/mol. The van der Waals surface area contributed by atoms with Crippen molar-refractivity contribution in [1.82, 2.24) is 9.80 Å². The van der Waals surface area contributed by atoms with Gasteiger partial charge in [-0.25, -0.2) is 0 Å². The van der Waals surface area contributed by atoms with Crippen molar-refractivity contribution >= 4 is 5.69 Å². The lowest BCUT2D eigenvalue weighted by molar-refractivity contribution is 0.161. The Bertz CT molecular complexity index is 457. The van der Waals surface area contributed by atoms with E-state index in [0.29, 0.717) is 11.8 Å². The zero-order valence-corrected chi connectivity index (χ0v) is 12.1. The second-order valence-electron chi connectivity index (χ2n) is 6.16. The summed E-state index contributed by atoms with van der Waals surface area (Å²) in [4.78, 5) is 5.09. The molecule has 4 heteroatoms. The van der Waals surface area contributed by atoms with E-state index in [1.807, 2.05) is 6.07 Å². The van der Waals surface area contributed by atoms with Crippen molar-refractivity contribution in [2.75, 3.05) is 31.9 Å². The summed E-state index contributed by atoms with van der Waals surface area (Å²) in [5.74, 6) is 0.362. The normalized spacial score (nSPS) is 25.1. The number of hydrogen-bond acceptors (Lipinski definition) is 4. The fraction of sp³-hybridized carbons (Fsp3) is 0.625. The quantitative estimate of drug-likeness (QED) is 0.655. The van der Waals surface area contributed by atoms with Gasteiger partial charge in [-0.1, -0.05) is 6.42 Å². The van der Waals surface area contributed by atoms with Crippen molar-refractivity contribution < 1.29 is 5.11 Å². The third-order valence-electron chi connectivity index (χ3n) is 4.65. The molecule has 1 unspecified atom stereocenters. The molecule has 0 spiro atoms. The van der Waals surface area contributed by atoms with Crippen molar-refractivity contribution in [2.45, 2.75) is 38.3 Å². The van der Waals surface area contributed by atoms with Crippen LogP contribution in [0.5, 0.6) is 5.75 Å². The van der Waals surface area contributed by atoms with Crippen LogP contribution >= 0.6 is 0 Å². The number of anilines is 1. The molecule has 2 aliphatic heterocycles. The van der Waals surface area contributed by atoms with Gasteiger partial charge in [-0.15, -0.1) is 0 Å². The fourth-order valence-electron chi connectivity index (χ4n) is 3.51. The Morgan fingerprint density at radius 1 is 1.15 bits per heavy atom. The summed E-state index contributed by atoms with van der Waals surface area (Å²) >= 11 is 0. The number of phenols is 1. The van der Waals surface area contributed by atoms with E-state index in [2.05, 4.69) is 9.80 Å². The molecule has 1 atom stereocenters. The van der Waals surface area contributed by atoms with Crippen LogP contribution in [0.3, 0.4) is 0 Å². The number of hydrogen-bond donors (Lipinski definition) is 2. The highest BCUT2D eigenvalue weighted by atomic mass is 16.3. The van der Waals surface area contributed by atoms with Crippen LogP contribution in [0.1, 0.15) is 31.2 Å². The fourth-order valence-corrected chi connectivity index (χ4v) is 3.51. The first kappa shape index (κ1) is 13.7. The molecule has 4 nitrogen and oxygen atoms in total. The van der Waals surface area contributed by atoms with E-state index in [1.165, 1.54) is 38.8 Å². The van der Waals surface area contributed by atoms with E-state index in [-0.39, 0.29) is 0 Å². The maximum atomic E-state index is 9.92. The molecule has 0 radical (unpaired) electrons. The molecule has 2 fully saturated rings. The molecule has 0 aliphatic carbocycles. The van der Waals surface area contributed by atoms with Crippen LogP contribution in [0.2, 0.25) is 0 Å². The first-order valence-electron chi connectivity index (χ1n) is 7.76. The molecular formula is C16H25N3O. The van der Waals surface area contributed by atoms with Crippen LogP contribution in [0, 0.1) is 0 Å². The Hall–Kier alpha value is -1.26. The summed E-state index contributed by atoms with van der Waals surface area (Å²) in [7, 11) is 0. The molecule has 2 saturated heterocycles. The van der Waals surface area contributed by atoms with Crippen molar-refractivity contribution in [1.29, 1.82) is 0 Å². The van der Waals surface area contributed by atoms with Gasteiger partial charge in [0, 0.05) is 36.9 Å². The lowest BCUT2D eigenvalue weighted by Crippen LogP contribution is -2.40. The van der Waals surface area contributed by atoms with Gasteiger partial charge in [-0.3, -0.25) is 9.80 Å². The summed E-state index contributed by atoms with van der Waals surface area (Å²) in [6.45, 7) is 5.58. The number of nitrogens with two attached hydrogens (primary N) is 1. The number of nitrogen functional groups attached to an aromatic ring is 1. The molecule has 1 aromatic carbocycles. The van der Waals surface area contributed by atoms with E-state index < -0.39 is 0 Å². The molecule has 0 aromatic heterocycles. The van der Waals surface area contributed by atoms with Crippen LogP contribution in [-0.2, 0) is 6.54 Å². The number of likely N-dealkylation sites (tertiary alicyclic amines) is 2. The molecular weight excluding hydrogens is 250 g/mol. The number of aromatic hydroxyl groups is 1. The number of rotatable bonds is 3. The standard InChI is InChI=1S/C16H25N3O/c17-14-4-5-16(20)13(10-14)11-18-9-6-15(12-18)19-7-2-1-3-8-19/h4-5,10,15,20H,1-3,6-9,11-12,17H2. The molecule has 2 heterocycles. The SMILES string of the molecule is Nc1ccc(O)c(CN2CCC(N3CCCCC3)C2)c1. The Morgan fingerprint density at radius 3 is 2.75 bits per heavy atom. The van der Waals surface area contributed by atoms with Gasteiger partial charge in [0.05, 0.1) is 0 Å². The van der Waals surface area contributed by atoms with Gasteiger partial charge in [-0.2, -0.15) is 0 Å². The van der Waals surface area contributed by atoms with Gasteiger partial charge in [0.15, 0.2) is 0 Å². The van der Waals surface area contributed by atoms with Gasteiger partial charge in [0.2, 0.25) is 0 Å². The number of nitrogens with zero attached hydrogens (tertiary/aromatic N) is 2. The highest BCUT2D eigenvalue weighted by Crippen LogP contribution is 2.25. The van der Waals surface area contributed by atoms with Gasteiger partial charge in [0.25, 0.3) is 0 Å². The zero-order valence-electron chi connectivity index (χ0n) is 12.1. The molecule has 0 bridgehead atoms. The summed E-state index contributed by atoms with van der Waals surface area (Å²) < 4.78 is 0. The molecule has 1 aromatic rings. The summed E-state index contributed by atoms with van der Waals surface area (Å²) in [5, 5.41) is 9.92. The lowest BCUT2D eigenvalue weighted by Gasteiger charge is -2.32. The largest absolute Gasteiger partial charge is 0.508 e. The van der Waals surface area contributed by atoms with Crippen LogP contribution in [-0.4, -0.2) is 47.1 Å². The minimum absolute atomic E-state index is 0.362. The summed E-state index contributed by atoms with van der Waals surface area (Å²) in [6, 6.07) is 6.05. The predicted molar refractivity (Wildman–Crippen MR) is 81.6 cm³/mol. The summed E-state index contributed by atoms with van der Waals surface area (Å²) in [6.07, 6.45) is 5.35. The summed E-state index contributed by atoms with van der Waals surface area (Å²) in [5.41, 5.74) is 7.48. The number of benzene rings is 1. The van der Waals surface area contributed by atoms with E-state index in [4.69, 9.17) is 5.73 Å². The maximum absolute atomic E-state index is 9.92. The third kappa shape index (κ3) is 3.07. The van der Waals surface area contributed by atoms with Crippen molar-refractivity contribution in [3.63, 3.8) is 0 Å². The van der Waals surface area contributed by atoms with Crippen LogP contribution < -0.4 is 5.73 Å². The maximum Gasteiger partial charge on any atom is 0.120 e. The van der Waals surface area contributed by atoms with Crippen LogP contribution in [0.4, 0.5) is 5.69 Å². The first-order valence-corrected chi connectivity index (χ1v) is 7.76. The van der Waals surface area contributed by atoms with Gasteiger partial charge in [-0.05, 0) is 50.6 Å². The first-order chi connectivity index (χ1) is 9.72. The van der Waals surface area contributed by atoms with Crippen molar-refractivity contribution in [3.05, 3.63) is 23.8 Å². The average Bonchev–Trinajstić information content (AvgIpc) is 2.92. The Labute approximate surface area is 121 Å². The Kier molecular flexibility index (Phi) is 4.13. The Balaban J connectivity index is 1.58. The highest BCUT2D eigenvalue weighted by molar-refractivity contribution is 5.47. The highest BCUT2D eigenvalue weighted by Gasteiger charge is 2.28. The monoisotopic (exact) mass is 275 g/mol. The van der Waals surface area contributed by atoms with Gasteiger partial charge < -0.3 is 10.8 Å². The second-order valence-corrected chi connectivity index (χ2v) is 6.16. The Morgan fingerprint density at radius 2 is 1.95 bits per heavy atom. The lowest BCUT2D eigenvalue weighted by atomic mass is 10.1. The molecule has 110 valence electrons. The van der Waals surface area contributed by atoms with Crippen LogP contribution in [0.15, 0.2) is 18.2 Å². The van der Waals surface area contributed by atoms with Gasteiger partial charge >= 0.3 is 0 Å². The van der Waals surface area contributed by atoms with Crippen molar-refractivity contribution in [3.8, 4) is 5.75 Å². The molecule has 2 aliphatic rings. The number of phenolic OH excluding ortho intramolecular Hbond substituents is 1. The van der Waals surface area contributed by atoms with E-state index in [1.54, 1.807) is 12.1 Å². The number of piperidine rings is 1. The molecule has 0 amide bonds. The van der Waals surface area contributed by atoms with Crippen LogP contribution in [0.25, 0.3) is 0 Å². The molecule has 3 rings (SSSR count). The molecule has 3 N–H and O–H groups in total. The predicted octanol–water partition coefficient (Wildman–Crippen LogP) is 2.03. The van der Waals surface area contributed by atoms with Gasteiger partial charge in [0.1, 0.15) is 5.75 Å². The third-order valence-corrected chi connectivity index (χ3v) is 4.65. The smallest absolute Gasteiger partial charge is 0.120 e. The van der Waals surface area contributed by atoms with E-state index >= 15 is 0 Å². The van der Waals surface area contributed by atoms with E-state index in [0.717, 1.165) is 30.9 Å². The minimum atomic E-state index is 0.362. The molecule has 0 saturated carbocycles. The molecule has 20 heavy (non-hydrogen) atoms. The van der Waals surface area contributed by atoms with Crippen molar-refractivity contribution in [2.24, 2.45) is 0 Å². The second kappa shape index (κ2) is 6.02. The topological polar surface area (TPSA) is 52.7 Å². The van der Waals surface area contributed by atoms with E-state index in [9.17, 15) is 5.11 Å².